The first-order valence-electron chi connectivity index (χ1n) is 5.12. The zero-order valence-electron chi connectivity index (χ0n) is 9.42. The first-order valence-corrected chi connectivity index (χ1v) is 5.53. The van der Waals surface area contributed by atoms with E-state index in [9.17, 15) is 9.59 Å². The third-order valence-corrected chi connectivity index (χ3v) is 2.26. The second-order valence-corrected chi connectivity index (χ2v) is 3.93. The molecule has 0 aromatic heterocycles. The van der Waals surface area contributed by atoms with Crippen molar-refractivity contribution in [3.63, 3.8) is 0 Å². The van der Waals surface area contributed by atoms with Crippen LogP contribution in [0.15, 0.2) is 30.3 Å². The molecule has 0 bridgehead atoms. The highest BCUT2D eigenvalue weighted by Gasteiger charge is 2.20. The summed E-state index contributed by atoms with van der Waals surface area (Å²) in [6.45, 7) is 0. The van der Waals surface area contributed by atoms with Gasteiger partial charge in [0.15, 0.2) is 5.11 Å². The number of carboxylic acids is 1. The van der Waals surface area contributed by atoms with Gasteiger partial charge in [-0.2, -0.15) is 0 Å². The number of amides is 1. The number of carbonyl (C=O) groups excluding carboxylic acids is 1. The number of thiocarbonyl (C=S) groups is 1. The van der Waals surface area contributed by atoms with Crippen LogP contribution in [0.4, 0.5) is 5.69 Å². The number of hydrogen-bond donors (Lipinski definition) is 4. The Hall–Kier alpha value is -2.15. The highest BCUT2D eigenvalue weighted by molar-refractivity contribution is 7.80. The fourth-order valence-electron chi connectivity index (χ4n) is 1.25. The summed E-state index contributed by atoms with van der Waals surface area (Å²) < 4.78 is 0. The summed E-state index contributed by atoms with van der Waals surface area (Å²) >= 11 is 4.95. The van der Waals surface area contributed by atoms with Crippen molar-refractivity contribution in [2.45, 2.75) is 12.5 Å². The smallest absolute Gasteiger partial charge is 0.326 e. The van der Waals surface area contributed by atoms with Crippen LogP contribution in [0.3, 0.4) is 0 Å². The lowest BCUT2D eigenvalue weighted by molar-refractivity contribution is -0.140. The average molecular weight is 267 g/mol. The minimum atomic E-state index is -1.19. The molecule has 0 fully saturated rings. The van der Waals surface area contributed by atoms with E-state index in [-0.39, 0.29) is 11.5 Å². The number of aliphatic carboxylic acids is 1. The highest BCUT2D eigenvalue weighted by Crippen LogP contribution is 2.04. The molecule has 6 nitrogen and oxygen atoms in total. The van der Waals surface area contributed by atoms with Gasteiger partial charge in [-0.15, -0.1) is 0 Å². The molecular weight excluding hydrogens is 254 g/mol. The van der Waals surface area contributed by atoms with Gasteiger partial charge in [0, 0.05) is 5.69 Å². The summed E-state index contributed by atoms with van der Waals surface area (Å²) in [5, 5.41) is 14.3. The second kappa shape index (κ2) is 6.55. The van der Waals surface area contributed by atoms with Crippen LogP contribution in [0.2, 0.25) is 0 Å². The van der Waals surface area contributed by atoms with E-state index in [2.05, 4.69) is 10.6 Å². The fraction of sp³-hybridized carbons (Fsp3) is 0.182. The summed E-state index contributed by atoms with van der Waals surface area (Å²) in [4.78, 5) is 21.6. The molecular formula is C11H13N3O3S. The van der Waals surface area contributed by atoms with Crippen molar-refractivity contribution in [3.05, 3.63) is 30.3 Å². The lowest BCUT2D eigenvalue weighted by Gasteiger charge is -2.15. The van der Waals surface area contributed by atoms with Gasteiger partial charge in [0.1, 0.15) is 6.04 Å². The first-order chi connectivity index (χ1) is 8.49. The van der Waals surface area contributed by atoms with Gasteiger partial charge in [-0.25, -0.2) is 4.79 Å². The van der Waals surface area contributed by atoms with Crippen molar-refractivity contribution in [3.8, 4) is 0 Å². The Bertz CT molecular complexity index is 450. The number of nitrogens with one attached hydrogen (secondary N) is 2. The van der Waals surface area contributed by atoms with E-state index in [4.69, 9.17) is 23.1 Å². The molecule has 0 heterocycles. The highest BCUT2D eigenvalue weighted by atomic mass is 32.1. The molecule has 18 heavy (non-hydrogen) atoms. The Kier molecular flexibility index (Phi) is 5.06. The summed E-state index contributed by atoms with van der Waals surface area (Å²) in [6, 6.07) is 7.88. The summed E-state index contributed by atoms with van der Waals surface area (Å²) in [5.41, 5.74) is 5.67. The molecule has 0 aliphatic carbocycles. The number of anilines is 1. The van der Waals surface area contributed by atoms with Crippen LogP contribution in [0, 0.1) is 0 Å². The molecule has 1 atom stereocenters. The van der Waals surface area contributed by atoms with Crippen molar-refractivity contribution < 1.29 is 14.7 Å². The third kappa shape index (κ3) is 4.79. The zero-order chi connectivity index (χ0) is 13.5. The van der Waals surface area contributed by atoms with E-state index in [1.165, 1.54) is 0 Å². The van der Waals surface area contributed by atoms with E-state index in [1.54, 1.807) is 12.1 Å². The summed E-state index contributed by atoms with van der Waals surface area (Å²) in [5.74, 6) is -1.90. The Morgan fingerprint density at radius 2 is 1.94 bits per heavy atom. The normalized spacial score (nSPS) is 11.3. The van der Waals surface area contributed by atoms with Gasteiger partial charge in [-0.05, 0) is 24.4 Å². The first kappa shape index (κ1) is 13.9. The van der Waals surface area contributed by atoms with Gasteiger partial charge in [-0.1, -0.05) is 18.2 Å². The van der Waals surface area contributed by atoms with Crippen LogP contribution in [-0.2, 0) is 9.59 Å². The van der Waals surface area contributed by atoms with Crippen LogP contribution >= 0.6 is 12.2 Å². The van der Waals surface area contributed by atoms with Crippen LogP contribution in [-0.4, -0.2) is 28.1 Å². The van der Waals surface area contributed by atoms with Gasteiger partial charge < -0.3 is 21.5 Å². The predicted molar refractivity (Wildman–Crippen MR) is 71.0 cm³/mol. The molecule has 1 aromatic carbocycles. The maximum absolute atomic E-state index is 10.9. The Balaban J connectivity index is 2.56. The zero-order valence-corrected chi connectivity index (χ0v) is 10.2. The van der Waals surface area contributed by atoms with Gasteiger partial charge in [-0.3, -0.25) is 4.79 Å². The van der Waals surface area contributed by atoms with E-state index < -0.39 is 17.9 Å². The van der Waals surface area contributed by atoms with Gasteiger partial charge in [0.2, 0.25) is 5.91 Å². The SMILES string of the molecule is NC(=O)C[C@H](NC(=S)Nc1ccccc1)C(=O)O. The van der Waals surface area contributed by atoms with Gasteiger partial charge in [0.05, 0.1) is 6.42 Å². The predicted octanol–water partition coefficient (Wildman–Crippen LogP) is 0.302. The monoisotopic (exact) mass is 267 g/mol. The van der Waals surface area contributed by atoms with Crippen LogP contribution in [0.25, 0.3) is 0 Å². The molecule has 0 aliphatic rings. The Morgan fingerprint density at radius 1 is 1.33 bits per heavy atom. The molecule has 0 spiro atoms. The average Bonchev–Trinajstić information content (AvgIpc) is 2.28. The molecule has 0 aliphatic heterocycles. The number of rotatable bonds is 5. The minimum absolute atomic E-state index is 0.120. The molecule has 1 amide bonds. The lowest BCUT2D eigenvalue weighted by Crippen LogP contribution is -2.45. The number of nitrogens with two attached hydrogens (primary N) is 1. The standard InChI is InChI=1S/C11H13N3O3S/c12-9(15)6-8(10(16)17)14-11(18)13-7-4-2-1-3-5-7/h1-5,8H,6H2,(H2,12,15)(H,16,17)(H2,13,14,18)/t8-/m0/s1. The largest absolute Gasteiger partial charge is 0.480 e. The molecule has 5 N–H and O–H groups in total. The van der Waals surface area contributed by atoms with E-state index in [0.717, 1.165) is 5.69 Å². The fourth-order valence-corrected chi connectivity index (χ4v) is 1.51. The quantitative estimate of drug-likeness (QED) is 0.572. The topological polar surface area (TPSA) is 104 Å². The molecule has 1 rings (SSSR count). The van der Waals surface area contributed by atoms with Gasteiger partial charge in [0.25, 0.3) is 0 Å². The number of para-hydroxylation sites is 1. The molecule has 0 saturated heterocycles. The van der Waals surface area contributed by atoms with Crippen LogP contribution in [0.1, 0.15) is 6.42 Å². The van der Waals surface area contributed by atoms with Gasteiger partial charge >= 0.3 is 5.97 Å². The van der Waals surface area contributed by atoms with Crippen molar-refractivity contribution in [1.82, 2.24) is 5.32 Å². The minimum Gasteiger partial charge on any atom is -0.480 e. The van der Waals surface area contributed by atoms with Crippen molar-refractivity contribution in [1.29, 1.82) is 0 Å². The summed E-state index contributed by atoms with van der Waals surface area (Å²) in [7, 11) is 0. The number of carbonyl (C=O) groups is 2. The van der Waals surface area contributed by atoms with E-state index in [1.807, 2.05) is 18.2 Å². The summed E-state index contributed by atoms with van der Waals surface area (Å²) in [6.07, 6.45) is -0.327. The van der Waals surface area contributed by atoms with E-state index >= 15 is 0 Å². The van der Waals surface area contributed by atoms with Crippen molar-refractivity contribution in [2.24, 2.45) is 5.73 Å². The number of carboxylic acid groups (broad SMARTS) is 1. The van der Waals surface area contributed by atoms with Crippen molar-refractivity contribution in [2.75, 3.05) is 5.32 Å². The van der Waals surface area contributed by atoms with Crippen molar-refractivity contribution >= 4 is 34.9 Å². The van der Waals surface area contributed by atoms with Crippen LogP contribution < -0.4 is 16.4 Å². The van der Waals surface area contributed by atoms with Crippen LogP contribution in [0.5, 0.6) is 0 Å². The second-order valence-electron chi connectivity index (χ2n) is 3.53. The maximum Gasteiger partial charge on any atom is 0.326 e. The Morgan fingerprint density at radius 3 is 2.44 bits per heavy atom. The molecule has 7 heteroatoms. The lowest BCUT2D eigenvalue weighted by atomic mass is 10.2. The molecule has 0 saturated carbocycles. The molecule has 0 radical (unpaired) electrons. The maximum atomic E-state index is 10.9. The number of primary amides is 1. The third-order valence-electron chi connectivity index (χ3n) is 2.04. The van der Waals surface area contributed by atoms with E-state index in [0.29, 0.717) is 0 Å². The Labute approximate surface area is 109 Å². The molecule has 0 unspecified atom stereocenters. The molecule has 1 aromatic rings. The molecule has 96 valence electrons. The number of hydrogen-bond acceptors (Lipinski definition) is 3. The number of benzene rings is 1.